The predicted octanol–water partition coefficient (Wildman–Crippen LogP) is -0.257. The third kappa shape index (κ3) is 1.58. The number of aromatic nitrogens is 2. The molecule has 0 unspecified atom stereocenters. The third-order valence-electron chi connectivity index (χ3n) is 1.11. The Morgan fingerprint density at radius 2 is 2.33 bits per heavy atom. The van der Waals surface area contributed by atoms with E-state index in [0.717, 1.165) is 12.3 Å². The summed E-state index contributed by atoms with van der Waals surface area (Å²) in [4.78, 5) is 15.8. The highest BCUT2D eigenvalue weighted by Crippen LogP contribution is 2.07. The molecule has 0 saturated carbocycles. The van der Waals surface area contributed by atoms with Crippen molar-refractivity contribution >= 4 is 16.1 Å². The number of imidazole rings is 1. The standard InChI is InChI=1S/C5H5N3O3S/c1-4-6-2-5(8-4)12(10,11)7-3-9/h2H,1H3,(H,6,8). The van der Waals surface area contributed by atoms with E-state index in [0.29, 0.717) is 5.82 Å². The third-order valence-corrected chi connectivity index (χ3v) is 2.19. The largest absolute Gasteiger partial charge is 0.332 e. The highest BCUT2D eigenvalue weighted by atomic mass is 32.2. The molecule has 0 spiro atoms. The van der Waals surface area contributed by atoms with Gasteiger partial charge in [-0.25, -0.2) is 9.78 Å². The molecule has 0 radical (unpaired) electrons. The average molecular weight is 187 g/mol. The number of carbonyl (C=O) groups excluding carboxylic acids is 1. The number of nitrogens with zero attached hydrogens (tertiary/aromatic N) is 2. The zero-order valence-electron chi connectivity index (χ0n) is 6.10. The van der Waals surface area contributed by atoms with Crippen LogP contribution < -0.4 is 0 Å². The number of rotatable bonds is 2. The minimum Gasteiger partial charge on any atom is -0.332 e. The molecule has 12 heavy (non-hydrogen) atoms. The molecule has 0 aliphatic heterocycles. The highest BCUT2D eigenvalue weighted by molar-refractivity contribution is 7.90. The smallest absolute Gasteiger partial charge is 0.309 e. The van der Waals surface area contributed by atoms with Crippen LogP contribution in [0.5, 0.6) is 0 Å². The van der Waals surface area contributed by atoms with Gasteiger partial charge < -0.3 is 4.98 Å². The van der Waals surface area contributed by atoms with Crippen LogP contribution in [0, 0.1) is 6.92 Å². The van der Waals surface area contributed by atoms with Gasteiger partial charge in [-0.3, -0.25) is 0 Å². The Morgan fingerprint density at radius 1 is 1.67 bits per heavy atom. The topological polar surface area (TPSA) is 92.2 Å². The van der Waals surface area contributed by atoms with E-state index in [9.17, 15) is 13.2 Å². The van der Waals surface area contributed by atoms with Gasteiger partial charge in [0.1, 0.15) is 5.82 Å². The van der Waals surface area contributed by atoms with Crippen molar-refractivity contribution in [3.05, 3.63) is 12.0 Å². The maximum absolute atomic E-state index is 10.9. The van der Waals surface area contributed by atoms with E-state index in [1.807, 2.05) is 0 Å². The van der Waals surface area contributed by atoms with Crippen LogP contribution >= 0.6 is 0 Å². The summed E-state index contributed by atoms with van der Waals surface area (Å²) in [5.41, 5.74) is 0. The predicted molar refractivity (Wildman–Crippen MR) is 38.6 cm³/mol. The van der Waals surface area contributed by atoms with Crippen LogP contribution in [0.15, 0.2) is 15.6 Å². The van der Waals surface area contributed by atoms with Gasteiger partial charge in [-0.2, -0.15) is 8.42 Å². The van der Waals surface area contributed by atoms with Crippen molar-refractivity contribution in [2.24, 2.45) is 4.40 Å². The van der Waals surface area contributed by atoms with Crippen molar-refractivity contribution in [2.75, 3.05) is 0 Å². The molecule has 1 aromatic heterocycles. The molecule has 1 aromatic rings. The molecule has 1 N–H and O–H groups in total. The molecule has 0 saturated heterocycles. The summed E-state index contributed by atoms with van der Waals surface area (Å²) < 4.78 is 24.5. The fourth-order valence-corrected chi connectivity index (χ4v) is 1.29. The van der Waals surface area contributed by atoms with Gasteiger partial charge in [-0.05, 0) is 6.92 Å². The number of H-pyrrole nitrogens is 1. The van der Waals surface area contributed by atoms with Gasteiger partial charge in [-0.1, -0.05) is 4.40 Å². The second-order valence-electron chi connectivity index (χ2n) is 1.99. The summed E-state index contributed by atoms with van der Waals surface area (Å²) in [5, 5.41) is -0.205. The van der Waals surface area contributed by atoms with Gasteiger partial charge in [-0.15, -0.1) is 0 Å². The van der Waals surface area contributed by atoms with Gasteiger partial charge in [0.05, 0.1) is 6.20 Å². The summed E-state index contributed by atoms with van der Waals surface area (Å²) in [6.45, 7) is 1.59. The van der Waals surface area contributed by atoms with Crippen molar-refractivity contribution in [1.29, 1.82) is 0 Å². The molecule has 0 aromatic carbocycles. The van der Waals surface area contributed by atoms with Gasteiger partial charge in [0.2, 0.25) is 0 Å². The molecule has 0 atom stereocenters. The van der Waals surface area contributed by atoms with Gasteiger partial charge >= 0.3 is 10.0 Å². The number of hydrogen-bond donors (Lipinski definition) is 1. The fourth-order valence-electron chi connectivity index (χ4n) is 0.628. The first kappa shape index (κ1) is 8.63. The zero-order chi connectivity index (χ0) is 9.19. The Hall–Kier alpha value is -1.46. The normalized spacial score (nSPS) is 10.8. The molecule has 0 aliphatic rings. The van der Waals surface area contributed by atoms with Crippen LogP contribution in [0.3, 0.4) is 0 Å². The molecular weight excluding hydrogens is 182 g/mol. The fraction of sp³-hybridized carbons (Fsp3) is 0.200. The Bertz CT molecular complexity index is 427. The molecule has 0 fully saturated rings. The minimum atomic E-state index is -3.91. The van der Waals surface area contributed by atoms with Crippen molar-refractivity contribution < 1.29 is 13.2 Å². The summed E-state index contributed by atoms with van der Waals surface area (Å²) in [6, 6.07) is 0. The van der Waals surface area contributed by atoms with Crippen molar-refractivity contribution in [2.45, 2.75) is 11.9 Å². The van der Waals surface area contributed by atoms with Crippen LogP contribution in [0.4, 0.5) is 0 Å². The monoisotopic (exact) mass is 187 g/mol. The minimum absolute atomic E-state index is 0.205. The van der Waals surface area contributed by atoms with E-state index in [2.05, 4.69) is 14.4 Å². The van der Waals surface area contributed by atoms with E-state index in [1.165, 1.54) is 0 Å². The molecule has 1 rings (SSSR count). The lowest BCUT2D eigenvalue weighted by Gasteiger charge is -1.87. The first-order chi connectivity index (χ1) is 5.56. The van der Waals surface area contributed by atoms with Gasteiger partial charge in [0.25, 0.3) is 6.08 Å². The summed E-state index contributed by atoms with van der Waals surface area (Å²) in [7, 11) is -3.91. The number of aryl methyl sites for hydroxylation is 1. The lowest BCUT2D eigenvalue weighted by Crippen LogP contribution is -1.96. The maximum Gasteiger partial charge on any atom is 0.309 e. The Labute approximate surface area is 68.4 Å². The summed E-state index contributed by atoms with van der Waals surface area (Å²) >= 11 is 0. The van der Waals surface area contributed by atoms with E-state index >= 15 is 0 Å². The average Bonchev–Trinajstić information content (AvgIpc) is 2.36. The van der Waals surface area contributed by atoms with E-state index in [1.54, 1.807) is 6.92 Å². The number of hydrogen-bond acceptors (Lipinski definition) is 4. The van der Waals surface area contributed by atoms with Gasteiger partial charge in [0, 0.05) is 0 Å². The van der Waals surface area contributed by atoms with E-state index in [-0.39, 0.29) is 5.03 Å². The Morgan fingerprint density at radius 3 is 2.75 bits per heavy atom. The molecular formula is C5H5N3O3S. The number of isocyanates is 1. The number of aromatic amines is 1. The molecule has 0 aliphatic carbocycles. The number of sulfonamides is 1. The van der Waals surface area contributed by atoms with Gasteiger partial charge in [0.15, 0.2) is 5.03 Å². The van der Waals surface area contributed by atoms with Crippen molar-refractivity contribution in [1.82, 2.24) is 9.97 Å². The second-order valence-corrected chi connectivity index (χ2v) is 3.56. The van der Waals surface area contributed by atoms with Crippen LogP contribution in [-0.2, 0) is 14.8 Å². The van der Waals surface area contributed by atoms with Crippen molar-refractivity contribution in [3.63, 3.8) is 0 Å². The van der Waals surface area contributed by atoms with Crippen LogP contribution in [0.25, 0.3) is 0 Å². The molecule has 0 amide bonds. The quantitative estimate of drug-likeness (QED) is 0.510. The molecule has 0 bridgehead atoms. The Kier molecular flexibility index (Phi) is 2.07. The lowest BCUT2D eigenvalue weighted by atomic mass is 10.8. The maximum atomic E-state index is 10.9. The zero-order valence-corrected chi connectivity index (χ0v) is 6.92. The SMILES string of the molecule is Cc1ncc(S(=O)(=O)N=C=O)[nH]1. The molecule has 1 heterocycles. The Balaban J connectivity index is 3.23. The van der Waals surface area contributed by atoms with Crippen LogP contribution in [0.2, 0.25) is 0 Å². The first-order valence-electron chi connectivity index (χ1n) is 2.92. The van der Waals surface area contributed by atoms with E-state index in [4.69, 9.17) is 0 Å². The molecule has 7 heteroatoms. The van der Waals surface area contributed by atoms with Crippen LogP contribution in [-0.4, -0.2) is 24.5 Å². The summed E-state index contributed by atoms with van der Waals surface area (Å²) in [5.74, 6) is 0.440. The van der Waals surface area contributed by atoms with E-state index < -0.39 is 10.0 Å². The second kappa shape index (κ2) is 2.88. The van der Waals surface area contributed by atoms with Crippen LogP contribution in [0.1, 0.15) is 5.82 Å². The molecule has 6 nitrogen and oxygen atoms in total. The highest BCUT2D eigenvalue weighted by Gasteiger charge is 2.14. The number of nitrogens with one attached hydrogen (secondary N) is 1. The van der Waals surface area contributed by atoms with Crippen molar-refractivity contribution in [3.8, 4) is 0 Å². The summed E-state index contributed by atoms with van der Waals surface area (Å²) in [6.07, 6.45) is 2.04. The first-order valence-corrected chi connectivity index (χ1v) is 4.36. The molecule has 64 valence electrons. The lowest BCUT2D eigenvalue weighted by molar-refractivity contribution is 0.563.